The molecule has 2 aromatic rings. The van der Waals surface area contributed by atoms with Gasteiger partial charge in [0.25, 0.3) is 5.91 Å². The zero-order chi connectivity index (χ0) is 18.0. The van der Waals surface area contributed by atoms with Crippen molar-refractivity contribution in [3.8, 4) is 11.5 Å². The highest BCUT2D eigenvalue weighted by atomic mass is 32.2. The van der Waals surface area contributed by atoms with Gasteiger partial charge in [-0.2, -0.15) is 0 Å². The summed E-state index contributed by atoms with van der Waals surface area (Å²) in [6, 6.07) is 10.9. The maximum atomic E-state index is 12.2. The Balaban J connectivity index is 1.84. The van der Waals surface area contributed by atoms with Crippen LogP contribution in [0.1, 0.15) is 16.7 Å². The first-order valence-corrected chi connectivity index (χ1v) is 8.52. The van der Waals surface area contributed by atoms with E-state index in [4.69, 9.17) is 4.74 Å². The Morgan fingerprint density at radius 3 is 2.68 bits per heavy atom. The van der Waals surface area contributed by atoms with Crippen LogP contribution in [-0.4, -0.2) is 23.3 Å². The number of nitrogens with one attached hydrogen (secondary N) is 1. The van der Waals surface area contributed by atoms with Gasteiger partial charge in [0, 0.05) is 0 Å². The minimum absolute atomic E-state index is 0.0603. The first-order valence-electron chi connectivity index (χ1n) is 7.70. The summed E-state index contributed by atoms with van der Waals surface area (Å²) in [4.78, 5) is 17.2. The Hall–Kier alpha value is -2.73. The molecular weight excluding hydrogens is 336 g/mol. The van der Waals surface area contributed by atoms with Crippen LogP contribution in [0, 0.1) is 13.8 Å². The number of nitrogens with zero attached hydrogens (tertiary/aromatic N) is 1. The Labute approximate surface area is 150 Å². The van der Waals surface area contributed by atoms with E-state index in [0.29, 0.717) is 15.8 Å². The van der Waals surface area contributed by atoms with Crippen LogP contribution in [0.15, 0.2) is 46.3 Å². The average molecular weight is 354 g/mol. The Kier molecular flexibility index (Phi) is 4.81. The lowest BCUT2D eigenvalue weighted by Crippen LogP contribution is -2.19. The highest BCUT2D eigenvalue weighted by molar-refractivity contribution is 8.18. The van der Waals surface area contributed by atoms with E-state index in [2.05, 4.69) is 10.3 Å². The number of phenolic OH excluding ortho intramolecular Hbond substituents is 1. The van der Waals surface area contributed by atoms with Crippen molar-refractivity contribution < 1.29 is 14.6 Å². The molecule has 3 rings (SSSR count). The number of hydrogen-bond acceptors (Lipinski definition) is 5. The van der Waals surface area contributed by atoms with E-state index in [-0.39, 0.29) is 11.7 Å². The van der Waals surface area contributed by atoms with Gasteiger partial charge in [0.15, 0.2) is 16.7 Å². The molecule has 5 nitrogen and oxygen atoms in total. The minimum atomic E-state index is -0.195. The van der Waals surface area contributed by atoms with E-state index in [1.807, 2.05) is 32.0 Å². The highest BCUT2D eigenvalue weighted by Gasteiger charge is 2.24. The molecule has 0 atom stereocenters. The van der Waals surface area contributed by atoms with Crippen LogP contribution in [-0.2, 0) is 4.79 Å². The van der Waals surface area contributed by atoms with E-state index < -0.39 is 0 Å². The van der Waals surface area contributed by atoms with Gasteiger partial charge in [0.05, 0.1) is 17.7 Å². The number of aryl methyl sites for hydroxylation is 2. The summed E-state index contributed by atoms with van der Waals surface area (Å²) in [5.41, 5.74) is 3.93. The zero-order valence-corrected chi connectivity index (χ0v) is 15.0. The second kappa shape index (κ2) is 7.03. The molecule has 1 fully saturated rings. The second-order valence-corrected chi connectivity index (χ2v) is 6.71. The second-order valence-electron chi connectivity index (χ2n) is 5.68. The van der Waals surface area contributed by atoms with Crippen LogP contribution in [0.25, 0.3) is 6.08 Å². The third kappa shape index (κ3) is 3.85. The van der Waals surface area contributed by atoms with Crippen LogP contribution in [0.3, 0.4) is 0 Å². The number of aliphatic imine (C=N–C) groups is 1. The van der Waals surface area contributed by atoms with Gasteiger partial charge in [-0.1, -0.05) is 12.1 Å². The monoisotopic (exact) mass is 354 g/mol. The van der Waals surface area contributed by atoms with Crippen molar-refractivity contribution in [1.29, 1.82) is 0 Å². The van der Waals surface area contributed by atoms with Crippen molar-refractivity contribution in [1.82, 2.24) is 5.32 Å². The van der Waals surface area contributed by atoms with E-state index in [9.17, 15) is 9.90 Å². The molecule has 0 unspecified atom stereocenters. The number of amides is 1. The lowest BCUT2D eigenvalue weighted by atomic mass is 10.1. The first-order chi connectivity index (χ1) is 12.0. The Bertz CT molecular complexity index is 904. The number of hydrogen-bond donors (Lipinski definition) is 2. The summed E-state index contributed by atoms with van der Waals surface area (Å²) < 4.78 is 5.09. The Morgan fingerprint density at radius 1 is 1.16 bits per heavy atom. The first kappa shape index (κ1) is 17.1. The maximum Gasteiger partial charge on any atom is 0.264 e. The fourth-order valence-corrected chi connectivity index (χ4v) is 3.17. The van der Waals surface area contributed by atoms with Gasteiger partial charge in [-0.15, -0.1) is 0 Å². The van der Waals surface area contributed by atoms with Crippen molar-refractivity contribution in [3.05, 3.63) is 58.0 Å². The third-order valence-electron chi connectivity index (χ3n) is 3.87. The predicted molar refractivity (Wildman–Crippen MR) is 101 cm³/mol. The van der Waals surface area contributed by atoms with Crippen molar-refractivity contribution in [2.45, 2.75) is 13.8 Å². The zero-order valence-electron chi connectivity index (χ0n) is 14.2. The molecular formula is C19H18N2O3S. The smallest absolute Gasteiger partial charge is 0.264 e. The number of carbonyl (C=O) groups excluding carboxylic acids is 1. The van der Waals surface area contributed by atoms with Crippen molar-refractivity contribution >= 4 is 34.6 Å². The summed E-state index contributed by atoms with van der Waals surface area (Å²) in [6.07, 6.45) is 1.74. The largest absolute Gasteiger partial charge is 0.504 e. The summed E-state index contributed by atoms with van der Waals surface area (Å²) >= 11 is 1.28. The third-order valence-corrected chi connectivity index (χ3v) is 4.78. The predicted octanol–water partition coefficient (Wildman–Crippen LogP) is 3.91. The quantitative estimate of drug-likeness (QED) is 0.820. The molecule has 0 saturated carbocycles. The molecule has 1 aliphatic heterocycles. The minimum Gasteiger partial charge on any atom is -0.504 e. The van der Waals surface area contributed by atoms with Gasteiger partial charge in [0.1, 0.15) is 0 Å². The number of phenols is 1. The van der Waals surface area contributed by atoms with Gasteiger partial charge in [-0.3, -0.25) is 4.79 Å². The molecule has 0 radical (unpaired) electrons. The molecule has 2 N–H and O–H groups in total. The van der Waals surface area contributed by atoms with Gasteiger partial charge in [0.2, 0.25) is 0 Å². The fourth-order valence-electron chi connectivity index (χ4n) is 2.33. The van der Waals surface area contributed by atoms with E-state index in [1.165, 1.54) is 30.5 Å². The average Bonchev–Trinajstić information content (AvgIpc) is 2.92. The number of rotatable bonds is 3. The maximum absolute atomic E-state index is 12.2. The van der Waals surface area contributed by atoms with Crippen molar-refractivity contribution in [2.24, 2.45) is 4.99 Å². The van der Waals surface area contributed by atoms with Gasteiger partial charge in [-0.25, -0.2) is 4.99 Å². The highest BCUT2D eigenvalue weighted by Crippen LogP contribution is 2.31. The van der Waals surface area contributed by atoms with Crippen LogP contribution in [0.2, 0.25) is 0 Å². The van der Waals surface area contributed by atoms with E-state index >= 15 is 0 Å². The molecule has 1 amide bonds. The molecule has 1 saturated heterocycles. The lowest BCUT2D eigenvalue weighted by molar-refractivity contribution is -0.115. The van der Waals surface area contributed by atoms with Crippen molar-refractivity contribution in [3.63, 3.8) is 0 Å². The molecule has 2 aromatic carbocycles. The summed E-state index contributed by atoms with van der Waals surface area (Å²) in [7, 11) is 1.48. The standard InChI is InChI=1S/C19H18N2O3S/c1-11-4-6-14(8-12(11)2)20-19-21-18(23)17(25-19)10-13-5-7-15(22)16(9-13)24-3/h4-10,22H,1-3H3,(H,20,21,23)/b17-10+. The molecule has 1 heterocycles. The van der Waals surface area contributed by atoms with E-state index in [1.54, 1.807) is 18.2 Å². The van der Waals surface area contributed by atoms with Crippen LogP contribution in [0.4, 0.5) is 5.69 Å². The van der Waals surface area contributed by atoms with Crippen molar-refractivity contribution in [2.75, 3.05) is 7.11 Å². The van der Waals surface area contributed by atoms with Gasteiger partial charge < -0.3 is 15.2 Å². The normalized spacial score (nSPS) is 17.2. The molecule has 0 aromatic heterocycles. The molecule has 0 bridgehead atoms. The molecule has 128 valence electrons. The molecule has 1 aliphatic rings. The van der Waals surface area contributed by atoms with Crippen LogP contribution < -0.4 is 10.1 Å². The number of carbonyl (C=O) groups is 1. The fraction of sp³-hybridized carbons (Fsp3) is 0.158. The number of benzene rings is 2. The molecule has 0 aliphatic carbocycles. The molecule has 6 heteroatoms. The van der Waals surface area contributed by atoms with Gasteiger partial charge >= 0.3 is 0 Å². The number of thioether (sulfide) groups is 1. The van der Waals surface area contributed by atoms with Crippen LogP contribution >= 0.6 is 11.8 Å². The summed E-state index contributed by atoms with van der Waals surface area (Å²) in [6.45, 7) is 4.08. The lowest BCUT2D eigenvalue weighted by Gasteiger charge is -2.04. The van der Waals surface area contributed by atoms with E-state index in [0.717, 1.165) is 16.8 Å². The molecule has 0 spiro atoms. The number of ether oxygens (including phenoxy) is 1. The summed E-state index contributed by atoms with van der Waals surface area (Å²) in [5, 5.41) is 13.0. The number of methoxy groups -OCH3 is 1. The number of amidine groups is 1. The SMILES string of the molecule is COc1cc(/C=C2/SC(=Nc3ccc(C)c(C)c3)NC2=O)ccc1O. The topological polar surface area (TPSA) is 70.9 Å². The number of aromatic hydroxyl groups is 1. The van der Waals surface area contributed by atoms with Crippen LogP contribution in [0.5, 0.6) is 11.5 Å². The molecule has 25 heavy (non-hydrogen) atoms. The summed E-state index contributed by atoms with van der Waals surface area (Å²) in [5.74, 6) is 0.228. The Morgan fingerprint density at radius 2 is 1.96 bits per heavy atom. The van der Waals surface area contributed by atoms with Gasteiger partial charge in [-0.05, 0) is 72.6 Å².